The summed E-state index contributed by atoms with van der Waals surface area (Å²) in [6.45, 7) is 1.77. The van der Waals surface area contributed by atoms with Crippen LogP contribution in [0.4, 0.5) is 0 Å². The molecule has 21 heavy (non-hydrogen) atoms. The number of ether oxygens (including phenoxy) is 2. The summed E-state index contributed by atoms with van der Waals surface area (Å²) in [6.07, 6.45) is 0.758. The van der Waals surface area contributed by atoms with Crippen LogP contribution in [0.25, 0.3) is 0 Å². The Labute approximate surface area is 135 Å². The third-order valence-corrected chi connectivity index (χ3v) is 4.64. The standard InChI is InChI=1S/C15H14BrNO3S/c16-14-8-11(9-21-14)15(18)17-4-3-10-1-2-12-13(7-10)20-6-5-19-12/h1-2,7-9H,3-6H2,(H,17,18). The molecule has 0 fully saturated rings. The molecule has 0 atom stereocenters. The van der Waals surface area contributed by atoms with Gasteiger partial charge in [0.25, 0.3) is 5.91 Å². The van der Waals surface area contributed by atoms with Gasteiger partial charge in [-0.3, -0.25) is 4.79 Å². The highest BCUT2D eigenvalue weighted by molar-refractivity contribution is 9.11. The molecule has 0 aliphatic carbocycles. The third-order valence-electron chi connectivity index (χ3n) is 3.14. The van der Waals surface area contributed by atoms with Crippen LogP contribution in [0.15, 0.2) is 33.4 Å². The van der Waals surface area contributed by atoms with Gasteiger partial charge in [-0.15, -0.1) is 11.3 Å². The molecule has 0 bridgehead atoms. The van der Waals surface area contributed by atoms with Gasteiger partial charge < -0.3 is 14.8 Å². The van der Waals surface area contributed by atoms with E-state index in [0.29, 0.717) is 25.3 Å². The molecule has 3 rings (SSSR count). The number of carbonyl (C=O) groups excluding carboxylic acids is 1. The molecule has 1 N–H and O–H groups in total. The zero-order valence-corrected chi connectivity index (χ0v) is 13.6. The molecule has 1 amide bonds. The summed E-state index contributed by atoms with van der Waals surface area (Å²) in [5, 5.41) is 4.75. The van der Waals surface area contributed by atoms with E-state index in [4.69, 9.17) is 9.47 Å². The van der Waals surface area contributed by atoms with Gasteiger partial charge in [0.2, 0.25) is 0 Å². The van der Waals surface area contributed by atoms with Crippen LogP contribution in [0, 0.1) is 0 Å². The van der Waals surface area contributed by atoms with Crippen molar-refractivity contribution >= 4 is 33.2 Å². The minimum absolute atomic E-state index is 0.0468. The van der Waals surface area contributed by atoms with Gasteiger partial charge >= 0.3 is 0 Å². The van der Waals surface area contributed by atoms with Crippen molar-refractivity contribution in [2.45, 2.75) is 6.42 Å². The lowest BCUT2D eigenvalue weighted by Gasteiger charge is -2.18. The van der Waals surface area contributed by atoms with E-state index in [2.05, 4.69) is 21.2 Å². The third kappa shape index (κ3) is 3.57. The van der Waals surface area contributed by atoms with Crippen LogP contribution < -0.4 is 14.8 Å². The molecule has 2 aromatic rings. The Hall–Kier alpha value is -1.53. The Morgan fingerprint density at radius 3 is 2.81 bits per heavy atom. The van der Waals surface area contributed by atoms with E-state index in [9.17, 15) is 4.79 Å². The average molecular weight is 368 g/mol. The number of rotatable bonds is 4. The zero-order chi connectivity index (χ0) is 14.7. The lowest BCUT2D eigenvalue weighted by molar-refractivity contribution is 0.0954. The highest BCUT2D eigenvalue weighted by Gasteiger charge is 2.12. The molecule has 1 aliphatic rings. The Bertz CT molecular complexity index is 656. The number of benzene rings is 1. The SMILES string of the molecule is O=C(NCCc1ccc2c(c1)OCCO2)c1csc(Br)c1. The fraction of sp³-hybridized carbons (Fsp3) is 0.267. The van der Waals surface area contributed by atoms with Crippen molar-refractivity contribution < 1.29 is 14.3 Å². The maximum absolute atomic E-state index is 11.9. The summed E-state index contributed by atoms with van der Waals surface area (Å²) < 4.78 is 12.0. The summed E-state index contributed by atoms with van der Waals surface area (Å²) in [7, 11) is 0. The van der Waals surface area contributed by atoms with Crippen molar-refractivity contribution in [1.82, 2.24) is 5.32 Å². The van der Waals surface area contributed by atoms with Crippen LogP contribution in [-0.4, -0.2) is 25.7 Å². The van der Waals surface area contributed by atoms with Crippen LogP contribution in [0.2, 0.25) is 0 Å². The van der Waals surface area contributed by atoms with Crippen molar-refractivity contribution in [3.63, 3.8) is 0 Å². The van der Waals surface area contributed by atoms with Gasteiger partial charge in [-0.1, -0.05) is 6.07 Å². The maximum atomic E-state index is 11.9. The van der Waals surface area contributed by atoms with E-state index in [0.717, 1.165) is 27.3 Å². The number of halogens is 1. The van der Waals surface area contributed by atoms with E-state index in [1.165, 1.54) is 11.3 Å². The van der Waals surface area contributed by atoms with Crippen LogP contribution in [0.3, 0.4) is 0 Å². The quantitative estimate of drug-likeness (QED) is 0.901. The molecule has 2 heterocycles. The first kappa shape index (κ1) is 14.4. The number of fused-ring (bicyclic) bond motifs is 1. The lowest BCUT2D eigenvalue weighted by Crippen LogP contribution is -2.25. The van der Waals surface area contributed by atoms with Gasteiger partial charge in [0.05, 0.1) is 9.35 Å². The Morgan fingerprint density at radius 1 is 1.24 bits per heavy atom. The summed E-state index contributed by atoms with van der Waals surface area (Å²) in [4.78, 5) is 11.9. The molecule has 0 saturated carbocycles. The van der Waals surface area contributed by atoms with Crippen molar-refractivity contribution in [3.8, 4) is 11.5 Å². The van der Waals surface area contributed by atoms with Crippen molar-refractivity contribution in [2.24, 2.45) is 0 Å². The first-order chi connectivity index (χ1) is 10.2. The van der Waals surface area contributed by atoms with Gasteiger partial charge in [0.15, 0.2) is 11.5 Å². The lowest BCUT2D eigenvalue weighted by atomic mass is 10.1. The van der Waals surface area contributed by atoms with Gasteiger partial charge in [-0.2, -0.15) is 0 Å². The molecule has 6 heteroatoms. The van der Waals surface area contributed by atoms with E-state index in [1.54, 1.807) is 0 Å². The molecule has 4 nitrogen and oxygen atoms in total. The minimum atomic E-state index is -0.0468. The topological polar surface area (TPSA) is 47.6 Å². The van der Waals surface area contributed by atoms with Crippen LogP contribution in [0.1, 0.15) is 15.9 Å². The van der Waals surface area contributed by atoms with E-state index < -0.39 is 0 Å². The smallest absolute Gasteiger partial charge is 0.252 e. The largest absolute Gasteiger partial charge is 0.486 e. The van der Waals surface area contributed by atoms with E-state index in [1.807, 2.05) is 29.6 Å². The molecule has 1 aliphatic heterocycles. The molecule has 0 spiro atoms. The maximum Gasteiger partial charge on any atom is 0.252 e. The summed E-state index contributed by atoms with van der Waals surface area (Å²) in [5.74, 6) is 1.53. The second-order valence-corrected chi connectivity index (χ2v) is 6.91. The number of amides is 1. The van der Waals surface area contributed by atoms with Gasteiger partial charge in [-0.05, 0) is 46.1 Å². The molecular weight excluding hydrogens is 354 g/mol. The molecule has 110 valence electrons. The number of carbonyl (C=O) groups is 1. The van der Waals surface area contributed by atoms with E-state index >= 15 is 0 Å². The molecular formula is C15H14BrNO3S. The average Bonchev–Trinajstić information content (AvgIpc) is 2.94. The zero-order valence-electron chi connectivity index (χ0n) is 11.2. The Morgan fingerprint density at radius 2 is 2.05 bits per heavy atom. The predicted molar refractivity (Wildman–Crippen MR) is 85.5 cm³/mol. The number of hydrogen-bond acceptors (Lipinski definition) is 4. The van der Waals surface area contributed by atoms with Crippen LogP contribution >= 0.6 is 27.3 Å². The Balaban J connectivity index is 1.54. The fourth-order valence-corrected chi connectivity index (χ4v) is 3.23. The second-order valence-electron chi connectivity index (χ2n) is 4.62. The highest BCUT2D eigenvalue weighted by Crippen LogP contribution is 2.30. The van der Waals surface area contributed by atoms with E-state index in [-0.39, 0.29) is 5.91 Å². The van der Waals surface area contributed by atoms with Crippen molar-refractivity contribution in [3.05, 3.63) is 44.6 Å². The minimum Gasteiger partial charge on any atom is -0.486 e. The first-order valence-electron chi connectivity index (χ1n) is 6.63. The summed E-state index contributed by atoms with van der Waals surface area (Å²) >= 11 is 4.86. The highest BCUT2D eigenvalue weighted by atomic mass is 79.9. The number of hydrogen-bond donors (Lipinski definition) is 1. The summed E-state index contributed by atoms with van der Waals surface area (Å²) in [6, 6.07) is 7.72. The van der Waals surface area contributed by atoms with Gasteiger partial charge in [-0.25, -0.2) is 0 Å². The fourth-order valence-electron chi connectivity index (χ4n) is 2.09. The van der Waals surface area contributed by atoms with Gasteiger partial charge in [0, 0.05) is 11.9 Å². The van der Waals surface area contributed by atoms with Crippen LogP contribution in [-0.2, 0) is 6.42 Å². The Kier molecular flexibility index (Phi) is 4.45. The van der Waals surface area contributed by atoms with Crippen molar-refractivity contribution in [2.75, 3.05) is 19.8 Å². The second kappa shape index (κ2) is 6.49. The number of thiophene rings is 1. The first-order valence-corrected chi connectivity index (χ1v) is 8.30. The normalized spacial score (nSPS) is 13.0. The van der Waals surface area contributed by atoms with Crippen molar-refractivity contribution in [1.29, 1.82) is 0 Å². The van der Waals surface area contributed by atoms with Gasteiger partial charge in [0.1, 0.15) is 13.2 Å². The predicted octanol–water partition coefficient (Wildman–Crippen LogP) is 3.25. The molecule has 1 aromatic carbocycles. The summed E-state index contributed by atoms with van der Waals surface area (Å²) in [5.41, 5.74) is 1.81. The monoisotopic (exact) mass is 367 g/mol. The molecule has 0 unspecified atom stereocenters. The molecule has 0 radical (unpaired) electrons. The van der Waals surface area contributed by atoms with Crippen LogP contribution in [0.5, 0.6) is 11.5 Å². The number of nitrogens with one attached hydrogen (secondary N) is 1. The molecule has 1 aromatic heterocycles. The molecule has 0 saturated heterocycles.